The Morgan fingerprint density at radius 3 is 1.70 bits per heavy atom. The molecule has 200 valence electrons. The highest BCUT2D eigenvalue weighted by Gasteiger charge is 2.41. The lowest BCUT2D eigenvalue weighted by Gasteiger charge is -2.28. The van der Waals surface area contributed by atoms with Crippen molar-refractivity contribution in [1.82, 2.24) is 19.8 Å². The summed E-state index contributed by atoms with van der Waals surface area (Å²) in [5.74, 6) is -2.45. The number of rotatable bonds is 2. The molecule has 0 radical (unpaired) electrons. The summed E-state index contributed by atoms with van der Waals surface area (Å²) in [6, 6.07) is 3.66. The summed E-state index contributed by atoms with van der Waals surface area (Å²) < 4.78 is 6.10. The number of likely N-dealkylation sites (N-methyl/N-ethyl adjacent to an activating group) is 2. The molecule has 0 N–H and O–H groups in total. The topological polar surface area (TPSA) is 182 Å². The van der Waals surface area contributed by atoms with E-state index in [9.17, 15) is 29.7 Å². The van der Waals surface area contributed by atoms with Crippen molar-refractivity contribution in [3.63, 3.8) is 0 Å². The largest absolute Gasteiger partial charge is 0.464 e. The number of imide groups is 2. The first-order chi connectivity index (χ1) is 18.8. The van der Waals surface area contributed by atoms with Crippen molar-refractivity contribution in [3.05, 3.63) is 28.0 Å². The first-order valence-electron chi connectivity index (χ1n) is 11.6. The normalized spacial score (nSPS) is 20.6. The standard InChI is InChI=1S/C25H18N8O5S2/c1-9-11(7-26)19(34)32(5)21(36)13(9)28-23-30-17-15(39-23)16-18(38-25(17,3)4)31-24(40-16)29-14-10(2)12(8-27)20(35)33(6)22(14)37/h1-6H3. The lowest BCUT2D eigenvalue weighted by molar-refractivity contribution is -0.138. The molecule has 3 aliphatic rings. The first kappa shape index (κ1) is 26.7. The van der Waals surface area contributed by atoms with Crippen LogP contribution >= 0.6 is 22.7 Å². The maximum Gasteiger partial charge on any atom is 0.279 e. The second-order valence-corrected chi connectivity index (χ2v) is 11.4. The van der Waals surface area contributed by atoms with E-state index in [0.717, 1.165) is 32.5 Å². The molecule has 4 amide bonds. The highest BCUT2D eigenvalue weighted by atomic mass is 32.1. The van der Waals surface area contributed by atoms with Gasteiger partial charge in [0.2, 0.25) is 16.1 Å². The zero-order valence-electron chi connectivity index (χ0n) is 21.9. The van der Waals surface area contributed by atoms with Crippen LogP contribution in [0.15, 0.2) is 32.3 Å². The van der Waals surface area contributed by atoms with E-state index in [0.29, 0.717) is 15.4 Å². The molecule has 0 bridgehead atoms. The predicted molar refractivity (Wildman–Crippen MR) is 143 cm³/mol. The van der Waals surface area contributed by atoms with Gasteiger partial charge >= 0.3 is 0 Å². The predicted octanol–water partition coefficient (Wildman–Crippen LogP) is 2.72. The summed E-state index contributed by atoms with van der Waals surface area (Å²) in [5, 5.41) is 19.2. The average Bonchev–Trinajstić information content (AvgIpc) is 3.51. The molecule has 5 heterocycles. The molecule has 0 spiro atoms. The Hall–Kier alpha value is -4.86. The molecule has 3 aliphatic heterocycles. The second-order valence-electron chi connectivity index (χ2n) is 9.40. The smallest absolute Gasteiger partial charge is 0.279 e. The van der Waals surface area contributed by atoms with Gasteiger partial charge in [-0.25, -0.2) is 15.0 Å². The minimum absolute atomic E-state index is 0.0647. The summed E-state index contributed by atoms with van der Waals surface area (Å²) in [6.07, 6.45) is 0. The number of hydrogen-bond acceptors (Lipinski definition) is 13. The molecule has 13 nitrogen and oxygen atoms in total. The molecule has 5 rings (SSSR count). The van der Waals surface area contributed by atoms with E-state index < -0.39 is 29.2 Å². The lowest BCUT2D eigenvalue weighted by atomic mass is 9.99. The van der Waals surface area contributed by atoms with Crippen molar-refractivity contribution >= 4 is 68.0 Å². The number of nitrogens with zero attached hydrogens (tertiary/aromatic N) is 8. The molecular weight excluding hydrogens is 556 g/mol. The van der Waals surface area contributed by atoms with Gasteiger partial charge in [0, 0.05) is 25.2 Å². The quantitative estimate of drug-likeness (QED) is 0.487. The van der Waals surface area contributed by atoms with E-state index in [4.69, 9.17) is 4.74 Å². The fourth-order valence-electron chi connectivity index (χ4n) is 4.20. The number of carbonyl (C=O) groups excluding carboxylic acids is 4. The number of ether oxygens (including phenoxy) is 1. The maximum atomic E-state index is 12.8. The van der Waals surface area contributed by atoms with Crippen molar-refractivity contribution in [2.45, 2.75) is 33.3 Å². The van der Waals surface area contributed by atoms with Gasteiger partial charge in [-0.3, -0.25) is 29.0 Å². The lowest BCUT2D eigenvalue weighted by Crippen LogP contribution is -2.44. The Morgan fingerprint density at radius 2 is 1.23 bits per heavy atom. The van der Waals surface area contributed by atoms with Crippen molar-refractivity contribution in [1.29, 1.82) is 10.5 Å². The number of nitriles is 2. The number of thiazole rings is 2. The van der Waals surface area contributed by atoms with E-state index >= 15 is 0 Å². The van der Waals surface area contributed by atoms with Crippen LogP contribution in [0.25, 0.3) is 9.75 Å². The van der Waals surface area contributed by atoms with E-state index in [2.05, 4.69) is 20.0 Å². The van der Waals surface area contributed by atoms with Gasteiger partial charge in [0.1, 0.15) is 50.9 Å². The van der Waals surface area contributed by atoms with E-state index in [1.165, 1.54) is 27.9 Å². The summed E-state index contributed by atoms with van der Waals surface area (Å²) in [4.78, 5) is 70.8. The van der Waals surface area contributed by atoms with Crippen LogP contribution in [0.1, 0.15) is 33.4 Å². The average molecular weight is 575 g/mol. The van der Waals surface area contributed by atoms with Crippen LogP contribution in [-0.4, -0.2) is 68.9 Å². The maximum absolute atomic E-state index is 12.8. The van der Waals surface area contributed by atoms with Gasteiger partial charge in [-0.15, -0.1) is 0 Å². The molecule has 0 fully saturated rings. The second kappa shape index (κ2) is 9.11. The molecule has 0 saturated carbocycles. The van der Waals surface area contributed by atoms with Gasteiger partial charge in [-0.1, -0.05) is 22.7 Å². The fourth-order valence-corrected chi connectivity index (χ4v) is 6.29. The molecule has 0 aliphatic carbocycles. The summed E-state index contributed by atoms with van der Waals surface area (Å²) in [6.45, 7) is 6.53. The number of fused-ring (bicyclic) bond motifs is 3. The molecule has 2 aromatic heterocycles. The number of amides is 4. The number of carbonyl (C=O) groups is 4. The Labute approximate surface area is 235 Å². The van der Waals surface area contributed by atoms with Gasteiger partial charge in [-0.2, -0.15) is 15.5 Å². The van der Waals surface area contributed by atoms with Crippen LogP contribution in [-0.2, 0) is 24.8 Å². The third kappa shape index (κ3) is 3.86. The monoisotopic (exact) mass is 574 g/mol. The zero-order valence-corrected chi connectivity index (χ0v) is 23.6. The summed E-state index contributed by atoms with van der Waals surface area (Å²) >= 11 is 2.28. The molecule has 40 heavy (non-hydrogen) atoms. The van der Waals surface area contributed by atoms with Gasteiger partial charge < -0.3 is 4.74 Å². The summed E-state index contributed by atoms with van der Waals surface area (Å²) in [7, 11) is 2.55. The number of hydrogen-bond donors (Lipinski definition) is 0. The van der Waals surface area contributed by atoms with Crippen molar-refractivity contribution in [2.75, 3.05) is 14.1 Å². The Morgan fingerprint density at radius 1 is 0.775 bits per heavy atom. The van der Waals surface area contributed by atoms with E-state index in [-0.39, 0.29) is 49.9 Å². The highest BCUT2D eigenvalue weighted by Crippen LogP contribution is 2.53. The molecular formula is C25H18N8O5S2. The van der Waals surface area contributed by atoms with Gasteiger partial charge in [0.05, 0.1) is 4.88 Å². The third-order valence-corrected chi connectivity index (χ3v) is 8.52. The Kier molecular flexibility index (Phi) is 6.09. The van der Waals surface area contributed by atoms with Crippen molar-refractivity contribution < 1.29 is 23.9 Å². The van der Waals surface area contributed by atoms with Crippen LogP contribution in [0.5, 0.6) is 5.88 Å². The SMILES string of the molecule is CC1=C(C#N)C(=O)N(C)C(=O)C1=Nc1nc2c(s1)-c1sc(N=C3C(=O)N(C)C(=O)C(C#N)=C3C)nc1C(C)(C)O2. The fraction of sp³-hybridized carbons (Fsp3) is 0.280. The van der Waals surface area contributed by atoms with Crippen molar-refractivity contribution in [2.24, 2.45) is 9.98 Å². The van der Waals surface area contributed by atoms with Crippen LogP contribution in [0.4, 0.5) is 10.3 Å². The van der Waals surface area contributed by atoms with E-state index in [1.807, 2.05) is 12.1 Å². The Balaban J connectivity index is 1.62. The Bertz CT molecular complexity index is 1810. The van der Waals surface area contributed by atoms with Gasteiger partial charge in [-0.05, 0) is 27.7 Å². The molecule has 2 aromatic rings. The highest BCUT2D eigenvalue weighted by molar-refractivity contribution is 7.25. The third-order valence-electron chi connectivity index (χ3n) is 6.48. The van der Waals surface area contributed by atoms with Gasteiger partial charge in [0.25, 0.3) is 23.6 Å². The molecule has 0 atom stereocenters. The van der Waals surface area contributed by atoms with E-state index in [1.54, 1.807) is 13.8 Å². The first-order valence-corrected chi connectivity index (χ1v) is 13.2. The van der Waals surface area contributed by atoms with Gasteiger partial charge in [0.15, 0.2) is 0 Å². The molecule has 15 heteroatoms. The molecule has 0 aromatic carbocycles. The van der Waals surface area contributed by atoms with Crippen LogP contribution in [0, 0.1) is 22.7 Å². The molecule has 0 unspecified atom stereocenters. The zero-order chi connectivity index (χ0) is 29.3. The summed E-state index contributed by atoms with van der Waals surface area (Å²) in [5.41, 5.74) is -0.591. The van der Waals surface area contributed by atoms with Crippen LogP contribution < -0.4 is 4.74 Å². The van der Waals surface area contributed by atoms with Crippen LogP contribution in [0.3, 0.4) is 0 Å². The minimum atomic E-state index is -0.946. The number of aliphatic imine (C=N–C) groups is 2. The van der Waals surface area contributed by atoms with Crippen LogP contribution in [0.2, 0.25) is 0 Å². The number of aromatic nitrogens is 2. The molecule has 0 saturated heterocycles. The minimum Gasteiger partial charge on any atom is -0.464 e. The van der Waals surface area contributed by atoms with Crippen molar-refractivity contribution in [3.8, 4) is 27.8 Å².